The Morgan fingerprint density at radius 3 is 1.39 bits per heavy atom. The summed E-state index contributed by atoms with van der Waals surface area (Å²) < 4.78 is -0.436. The number of unbranched alkanes of at least 4 members (excludes halogenated alkanes) is 6. The van der Waals surface area contributed by atoms with Crippen molar-refractivity contribution < 1.29 is 34.2 Å². The predicted octanol–water partition coefficient (Wildman–Crippen LogP) is 5.09. The molecule has 0 aliphatic carbocycles. The van der Waals surface area contributed by atoms with Crippen molar-refractivity contribution in [3.63, 3.8) is 0 Å². The average Bonchev–Trinajstić information content (AvgIpc) is 2.69. The van der Waals surface area contributed by atoms with E-state index in [0.29, 0.717) is 12.8 Å². The molecule has 0 saturated carbocycles. The average molecular weight is 443 g/mol. The molecule has 180 valence electrons. The standard InChI is InChI=1S/C24H43NO6/c1-5-9-10-11-12-13-14-15-16-17-18-25(19(6-2)22(26)27,20(7-3)23(28)29)21(8-4)24(30)31/h14-15,19-21H,5-13,16-18H2,1-4H3,(H2-,26,27,28,29,30,31)/p+1/b15-14+. The molecule has 0 saturated heterocycles. The fourth-order valence-corrected chi connectivity index (χ4v) is 4.86. The van der Waals surface area contributed by atoms with Crippen LogP contribution in [-0.4, -0.2) is 62.4 Å². The van der Waals surface area contributed by atoms with E-state index in [2.05, 4.69) is 19.1 Å². The zero-order valence-corrected chi connectivity index (χ0v) is 19.9. The molecule has 0 rings (SSSR count). The van der Waals surface area contributed by atoms with Crippen LogP contribution in [0.25, 0.3) is 0 Å². The Bertz CT molecular complexity index is 519. The second kappa shape index (κ2) is 15.8. The van der Waals surface area contributed by atoms with Crippen molar-refractivity contribution in [2.24, 2.45) is 0 Å². The molecule has 0 spiro atoms. The van der Waals surface area contributed by atoms with Gasteiger partial charge in [0.2, 0.25) is 0 Å². The molecule has 0 aromatic carbocycles. The first-order valence-corrected chi connectivity index (χ1v) is 11.9. The number of hydrogen-bond acceptors (Lipinski definition) is 3. The van der Waals surface area contributed by atoms with Crippen molar-refractivity contribution in [2.75, 3.05) is 6.54 Å². The van der Waals surface area contributed by atoms with Crippen molar-refractivity contribution in [1.82, 2.24) is 0 Å². The number of allylic oxidation sites excluding steroid dienone is 2. The zero-order chi connectivity index (χ0) is 23.9. The SMILES string of the molecule is CCCCCCC/C=C/CCC[N+](C(CC)C(=O)O)(C(CC)C(=O)O)C(CC)C(=O)O. The number of nitrogens with zero attached hydrogens (tertiary/aromatic N) is 1. The van der Waals surface area contributed by atoms with Crippen LogP contribution in [0.1, 0.15) is 98.3 Å². The maximum Gasteiger partial charge on any atom is 0.362 e. The Balaban J connectivity index is 5.58. The van der Waals surface area contributed by atoms with Crippen LogP contribution in [0.5, 0.6) is 0 Å². The number of rotatable bonds is 19. The number of carboxylic acid groups (broad SMARTS) is 3. The molecule has 31 heavy (non-hydrogen) atoms. The Labute approximate surface area is 187 Å². The van der Waals surface area contributed by atoms with Crippen LogP contribution < -0.4 is 0 Å². The molecule has 3 atom stereocenters. The molecule has 0 aromatic heterocycles. The Morgan fingerprint density at radius 2 is 1.03 bits per heavy atom. The molecule has 7 heteroatoms. The van der Waals surface area contributed by atoms with Gasteiger partial charge in [-0.25, -0.2) is 14.4 Å². The molecule has 3 N–H and O–H groups in total. The van der Waals surface area contributed by atoms with Crippen molar-refractivity contribution in [3.8, 4) is 0 Å². The zero-order valence-electron chi connectivity index (χ0n) is 19.9. The smallest absolute Gasteiger partial charge is 0.362 e. The summed E-state index contributed by atoms with van der Waals surface area (Å²) in [5, 5.41) is 29.7. The van der Waals surface area contributed by atoms with Gasteiger partial charge in [0.25, 0.3) is 0 Å². The van der Waals surface area contributed by atoms with Crippen molar-refractivity contribution in [1.29, 1.82) is 0 Å². The maximum atomic E-state index is 12.1. The number of carboxylic acids is 3. The third kappa shape index (κ3) is 8.63. The topological polar surface area (TPSA) is 112 Å². The van der Waals surface area contributed by atoms with Crippen LogP contribution >= 0.6 is 0 Å². The molecule has 0 aliphatic heterocycles. The summed E-state index contributed by atoms with van der Waals surface area (Å²) in [4.78, 5) is 36.4. The van der Waals surface area contributed by atoms with E-state index in [4.69, 9.17) is 0 Å². The van der Waals surface area contributed by atoms with Gasteiger partial charge in [0.1, 0.15) is 0 Å². The van der Waals surface area contributed by atoms with Gasteiger partial charge in [-0.1, -0.05) is 65.5 Å². The highest BCUT2D eigenvalue weighted by Gasteiger charge is 2.55. The van der Waals surface area contributed by atoms with E-state index in [1.54, 1.807) is 20.8 Å². The molecule has 0 bridgehead atoms. The molecule has 0 amide bonds. The lowest BCUT2D eigenvalue weighted by molar-refractivity contribution is -0.973. The first-order chi connectivity index (χ1) is 14.7. The van der Waals surface area contributed by atoms with Crippen LogP contribution in [0.3, 0.4) is 0 Å². The van der Waals surface area contributed by atoms with Gasteiger partial charge in [-0.3, -0.25) is 4.48 Å². The lowest BCUT2D eigenvalue weighted by Crippen LogP contribution is -2.72. The van der Waals surface area contributed by atoms with Crippen LogP contribution in [0.2, 0.25) is 0 Å². The predicted molar refractivity (Wildman–Crippen MR) is 122 cm³/mol. The number of carbonyl (C=O) groups is 3. The second-order valence-corrected chi connectivity index (χ2v) is 8.32. The van der Waals surface area contributed by atoms with Gasteiger partial charge in [-0.15, -0.1) is 0 Å². The van der Waals surface area contributed by atoms with Crippen molar-refractivity contribution >= 4 is 17.9 Å². The minimum atomic E-state index is -1.13. The highest BCUT2D eigenvalue weighted by molar-refractivity contribution is 5.78. The summed E-state index contributed by atoms with van der Waals surface area (Å²) in [5.74, 6) is -3.40. The summed E-state index contributed by atoms with van der Waals surface area (Å²) in [6, 6.07) is -3.24. The largest absolute Gasteiger partial charge is 0.477 e. The van der Waals surface area contributed by atoms with Gasteiger partial charge in [0, 0.05) is 25.7 Å². The van der Waals surface area contributed by atoms with E-state index in [1.165, 1.54) is 25.7 Å². The van der Waals surface area contributed by atoms with Crippen LogP contribution in [0.15, 0.2) is 12.2 Å². The molecular weight excluding hydrogens is 398 g/mol. The summed E-state index contributed by atoms with van der Waals surface area (Å²) in [7, 11) is 0. The molecule has 0 radical (unpaired) electrons. The fourth-order valence-electron chi connectivity index (χ4n) is 4.86. The second-order valence-electron chi connectivity index (χ2n) is 8.32. The highest BCUT2D eigenvalue weighted by Crippen LogP contribution is 2.32. The highest BCUT2D eigenvalue weighted by atomic mass is 16.4. The van der Waals surface area contributed by atoms with E-state index in [-0.39, 0.29) is 25.8 Å². The van der Waals surface area contributed by atoms with Crippen LogP contribution in [0, 0.1) is 0 Å². The van der Waals surface area contributed by atoms with Gasteiger partial charge in [0.15, 0.2) is 18.1 Å². The van der Waals surface area contributed by atoms with E-state index < -0.39 is 40.5 Å². The van der Waals surface area contributed by atoms with Crippen molar-refractivity contribution in [3.05, 3.63) is 12.2 Å². The molecule has 7 nitrogen and oxygen atoms in total. The molecule has 0 aliphatic rings. The number of hydrogen-bond donors (Lipinski definition) is 3. The minimum Gasteiger partial charge on any atom is -0.477 e. The Kier molecular flexibility index (Phi) is 14.9. The minimum absolute atomic E-state index is 0.177. The number of quaternary nitrogens is 1. The summed E-state index contributed by atoms with van der Waals surface area (Å²) >= 11 is 0. The van der Waals surface area contributed by atoms with Crippen LogP contribution in [0.4, 0.5) is 0 Å². The lowest BCUT2D eigenvalue weighted by atomic mass is 9.94. The third-order valence-electron chi connectivity index (χ3n) is 6.31. The monoisotopic (exact) mass is 442 g/mol. The molecule has 3 unspecified atom stereocenters. The fraction of sp³-hybridized carbons (Fsp3) is 0.792. The van der Waals surface area contributed by atoms with Crippen molar-refractivity contribution in [2.45, 2.75) is 116 Å². The Hall–Kier alpha value is -1.89. The third-order valence-corrected chi connectivity index (χ3v) is 6.31. The van der Waals surface area contributed by atoms with Gasteiger partial charge in [-0.2, -0.15) is 0 Å². The van der Waals surface area contributed by atoms with Gasteiger partial charge in [-0.05, 0) is 19.3 Å². The van der Waals surface area contributed by atoms with Gasteiger partial charge < -0.3 is 15.3 Å². The summed E-state index contributed by atoms with van der Waals surface area (Å²) in [6.07, 6.45) is 13.0. The maximum absolute atomic E-state index is 12.1. The lowest BCUT2D eigenvalue weighted by Gasteiger charge is -2.49. The van der Waals surface area contributed by atoms with Gasteiger partial charge >= 0.3 is 17.9 Å². The summed E-state index contributed by atoms with van der Waals surface area (Å²) in [5.41, 5.74) is 0. The number of aliphatic carboxylic acids is 3. The van der Waals surface area contributed by atoms with Crippen LogP contribution in [-0.2, 0) is 14.4 Å². The molecule has 0 heterocycles. The van der Waals surface area contributed by atoms with E-state index in [0.717, 1.165) is 12.8 Å². The normalized spacial score (nSPS) is 16.5. The van der Waals surface area contributed by atoms with E-state index in [1.807, 2.05) is 0 Å². The first kappa shape index (κ1) is 29.1. The van der Waals surface area contributed by atoms with E-state index in [9.17, 15) is 29.7 Å². The van der Waals surface area contributed by atoms with E-state index >= 15 is 0 Å². The molecule has 0 aromatic rings. The molecular formula is C24H44NO6+. The molecule has 0 fully saturated rings. The first-order valence-electron chi connectivity index (χ1n) is 11.9. The quantitative estimate of drug-likeness (QED) is 0.146. The Morgan fingerprint density at radius 1 is 0.645 bits per heavy atom. The summed E-state index contributed by atoms with van der Waals surface area (Å²) in [6.45, 7) is 7.46. The van der Waals surface area contributed by atoms with Gasteiger partial charge in [0.05, 0.1) is 6.54 Å².